The minimum Gasteiger partial charge on any atom is -0.460 e. The number of halogens is 2. The molecule has 2 fully saturated rings. The van der Waals surface area contributed by atoms with Crippen molar-refractivity contribution in [2.45, 2.75) is 134 Å². The SMILES string of the molecule is CC(C)C[C@H]1C(=O)N[C@@H](C2CCCCC2)C(=O)N[C@@H](CN)C(=O)N[C@@H](C(C)O)C(=O)NCC(=O)O[C@H](CCCCC(F)CF)[C@@H](C)C(=O)N1C. The van der Waals surface area contributed by atoms with Crippen LogP contribution in [0, 0.1) is 17.8 Å². The number of esters is 1. The average molecular weight is 717 g/mol. The summed E-state index contributed by atoms with van der Waals surface area (Å²) in [6.45, 7) is 4.38. The topological polar surface area (TPSA) is 209 Å². The summed E-state index contributed by atoms with van der Waals surface area (Å²) in [6.07, 6.45) is 0.658. The molecule has 0 radical (unpaired) electrons. The number of carbonyl (C=O) groups is 6. The molecule has 2 aliphatic rings. The third kappa shape index (κ3) is 13.1. The maximum absolute atomic E-state index is 14.0. The number of nitrogens with two attached hydrogens (primary N) is 1. The van der Waals surface area contributed by atoms with Gasteiger partial charge in [0.15, 0.2) is 0 Å². The maximum Gasteiger partial charge on any atom is 0.325 e. The first-order valence-corrected chi connectivity index (χ1v) is 17.8. The molecule has 14 nitrogen and oxygen atoms in total. The molecule has 286 valence electrons. The highest BCUT2D eigenvalue weighted by molar-refractivity contribution is 5.96. The fourth-order valence-electron chi connectivity index (χ4n) is 6.47. The molecule has 1 heterocycles. The Balaban J connectivity index is 2.54. The van der Waals surface area contributed by atoms with E-state index in [0.29, 0.717) is 19.3 Å². The highest BCUT2D eigenvalue weighted by Gasteiger charge is 2.39. The lowest BCUT2D eigenvalue weighted by Crippen LogP contribution is -2.62. The molecule has 1 saturated carbocycles. The standard InChI is InChI=1S/C34H58F2N6O8/c1-19(2)15-25-31(46)41-29(22-11-7-6-8-12-22)33(48)39-24(17-37)30(45)40-28(21(4)43)32(47)38-18-27(44)50-26(20(3)34(49)42(25)5)14-10-9-13-23(36)16-35/h19-26,28-29,43H,6-18,37H2,1-5H3,(H,38,47)(H,39,48)(H,40,45)(H,41,46)/t20-,21?,23?,24+,25+,26-,28+,29+/m1/s1. The number of alkyl halides is 2. The van der Waals surface area contributed by atoms with Crippen LogP contribution in [-0.4, -0.2) is 115 Å². The maximum atomic E-state index is 14.0. The number of amides is 5. The molecule has 2 rings (SSSR count). The predicted molar refractivity (Wildman–Crippen MR) is 181 cm³/mol. The second-order valence-electron chi connectivity index (χ2n) is 14.1. The quantitative estimate of drug-likeness (QED) is 0.132. The summed E-state index contributed by atoms with van der Waals surface area (Å²) >= 11 is 0. The van der Waals surface area contributed by atoms with Gasteiger partial charge in [0.05, 0.1) is 12.0 Å². The largest absolute Gasteiger partial charge is 0.460 e. The Morgan fingerprint density at radius 1 is 0.940 bits per heavy atom. The van der Waals surface area contributed by atoms with Gasteiger partial charge in [0, 0.05) is 13.6 Å². The first-order chi connectivity index (χ1) is 23.6. The molecule has 8 atom stereocenters. The lowest BCUT2D eigenvalue weighted by molar-refractivity contribution is -0.157. The van der Waals surface area contributed by atoms with E-state index < -0.39 is 97.2 Å². The first-order valence-electron chi connectivity index (χ1n) is 17.8. The number of cyclic esters (lactones) is 1. The number of ether oxygens (including phenoxy) is 1. The number of hydrogen-bond acceptors (Lipinski definition) is 9. The van der Waals surface area contributed by atoms with Gasteiger partial charge in [-0.25, -0.2) is 8.78 Å². The number of aliphatic hydroxyl groups is 1. The van der Waals surface area contributed by atoms with Crippen molar-refractivity contribution >= 4 is 35.5 Å². The predicted octanol–water partition coefficient (Wildman–Crippen LogP) is 0.779. The average Bonchev–Trinajstić information content (AvgIpc) is 3.09. The summed E-state index contributed by atoms with van der Waals surface area (Å²) < 4.78 is 31.8. The summed E-state index contributed by atoms with van der Waals surface area (Å²) in [4.78, 5) is 82.4. The van der Waals surface area contributed by atoms with Crippen molar-refractivity contribution in [3.63, 3.8) is 0 Å². The smallest absolute Gasteiger partial charge is 0.325 e. The number of aliphatic hydroxyl groups excluding tert-OH is 1. The number of hydrogen-bond donors (Lipinski definition) is 6. The summed E-state index contributed by atoms with van der Waals surface area (Å²) in [5.41, 5.74) is 5.85. The molecule has 0 aromatic rings. The van der Waals surface area contributed by atoms with E-state index in [1.165, 1.54) is 25.8 Å². The van der Waals surface area contributed by atoms with Crippen molar-refractivity contribution in [2.24, 2.45) is 23.5 Å². The molecule has 5 amide bonds. The number of nitrogens with one attached hydrogen (secondary N) is 4. The fourth-order valence-corrected chi connectivity index (χ4v) is 6.47. The third-order valence-corrected chi connectivity index (χ3v) is 9.51. The molecule has 1 aliphatic heterocycles. The second kappa shape index (κ2) is 21.1. The van der Waals surface area contributed by atoms with E-state index in [-0.39, 0.29) is 44.1 Å². The van der Waals surface area contributed by atoms with Crippen LogP contribution in [0.25, 0.3) is 0 Å². The van der Waals surface area contributed by atoms with Gasteiger partial charge in [0.1, 0.15) is 49.7 Å². The van der Waals surface area contributed by atoms with Crippen molar-refractivity contribution < 1.29 is 47.4 Å². The van der Waals surface area contributed by atoms with Crippen molar-refractivity contribution in [1.29, 1.82) is 0 Å². The van der Waals surface area contributed by atoms with Gasteiger partial charge in [0.2, 0.25) is 29.5 Å². The van der Waals surface area contributed by atoms with Crippen LogP contribution in [0.2, 0.25) is 0 Å². The molecule has 16 heteroatoms. The van der Waals surface area contributed by atoms with E-state index in [0.717, 1.165) is 19.3 Å². The molecular weight excluding hydrogens is 658 g/mol. The van der Waals surface area contributed by atoms with Crippen LogP contribution in [0.3, 0.4) is 0 Å². The minimum atomic E-state index is -1.63. The van der Waals surface area contributed by atoms with Gasteiger partial charge in [-0.15, -0.1) is 0 Å². The van der Waals surface area contributed by atoms with Crippen LogP contribution < -0.4 is 27.0 Å². The molecule has 7 N–H and O–H groups in total. The van der Waals surface area contributed by atoms with Crippen LogP contribution in [0.1, 0.15) is 91.9 Å². The molecular formula is C34H58F2N6O8. The Morgan fingerprint density at radius 2 is 1.60 bits per heavy atom. The van der Waals surface area contributed by atoms with E-state index in [9.17, 15) is 42.7 Å². The van der Waals surface area contributed by atoms with Crippen LogP contribution in [0.4, 0.5) is 8.78 Å². The van der Waals surface area contributed by atoms with Gasteiger partial charge in [-0.05, 0) is 57.3 Å². The lowest BCUT2D eigenvalue weighted by atomic mass is 9.83. The molecule has 0 spiro atoms. The van der Waals surface area contributed by atoms with Crippen molar-refractivity contribution in [3.8, 4) is 0 Å². The van der Waals surface area contributed by atoms with E-state index in [4.69, 9.17) is 10.5 Å². The van der Waals surface area contributed by atoms with Crippen molar-refractivity contribution in [1.82, 2.24) is 26.2 Å². The summed E-state index contributed by atoms with van der Waals surface area (Å²) in [5.74, 6) is -5.76. The zero-order valence-electron chi connectivity index (χ0n) is 30.1. The number of rotatable bonds is 11. The normalized spacial score (nSPS) is 28.7. The summed E-state index contributed by atoms with van der Waals surface area (Å²) in [7, 11) is 1.46. The molecule has 0 aromatic carbocycles. The minimum absolute atomic E-state index is 0.0477. The molecule has 50 heavy (non-hydrogen) atoms. The Kier molecular flexibility index (Phi) is 18.0. The molecule has 0 aromatic heterocycles. The zero-order chi connectivity index (χ0) is 37.5. The molecule has 1 saturated heterocycles. The lowest BCUT2D eigenvalue weighted by Gasteiger charge is -2.36. The Hall–Kier alpha value is -3.40. The van der Waals surface area contributed by atoms with Gasteiger partial charge in [0.25, 0.3) is 0 Å². The number of nitrogens with zero attached hydrogens (tertiary/aromatic N) is 1. The van der Waals surface area contributed by atoms with Gasteiger partial charge >= 0.3 is 5.97 Å². The Labute approximate surface area is 293 Å². The van der Waals surface area contributed by atoms with Crippen LogP contribution in [0.15, 0.2) is 0 Å². The summed E-state index contributed by atoms with van der Waals surface area (Å²) in [6, 6.07) is -4.95. The Bertz CT molecular complexity index is 1150. The van der Waals surface area contributed by atoms with E-state index >= 15 is 0 Å². The van der Waals surface area contributed by atoms with Gasteiger partial charge in [-0.3, -0.25) is 28.8 Å². The van der Waals surface area contributed by atoms with E-state index in [2.05, 4.69) is 21.3 Å². The van der Waals surface area contributed by atoms with E-state index in [1.54, 1.807) is 0 Å². The van der Waals surface area contributed by atoms with E-state index in [1.807, 2.05) is 13.8 Å². The van der Waals surface area contributed by atoms with Gasteiger partial charge < -0.3 is 41.7 Å². The number of likely N-dealkylation sites (N-methyl/N-ethyl adjacent to an activating group) is 1. The van der Waals surface area contributed by atoms with Gasteiger partial charge in [-0.1, -0.05) is 46.5 Å². The van der Waals surface area contributed by atoms with Gasteiger partial charge in [-0.2, -0.15) is 0 Å². The third-order valence-electron chi connectivity index (χ3n) is 9.51. The highest BCUT2D eigenvalue weighted by atomic mass is 19.2. The van der Waals surface area contributed by atoms with Crippen molar-refractivity contribution in [3.05, 3.63) is 0 Å². The zero-order valence-corrected chi connectivity index (χ0v) is 30.1. The first kappa shape index (κ1) is 42.8. The number of unbranched alkanes of at least 4 members (excludes halogenated alkanes) is 1. The van der Waals surface area contributed by atoms with Crippen LogP contribution in [0.5, 0.6) is 0 Å². The Morgan fingerprint density at radius 3 is 2.18 bits per heavy atom. The highest BCUT2D eigenvalue weighted by Crippen LogP contribution is 2.28. The fraction of sp³-hybridized carbons (Fsp3) is 0.824. The monoisotopic (exact) mass is 716 g/mol. The number of carbonyl (C=O) groups excluding carboxylic acids is 6. The molecule has 0 bridgehead atoms. The molecule has 2 unspecified atom stereocenters. The summed E-state index contributed by atoms with van der Waals surface area (Å²) in [5, 5.41) is 20.5. The van der Waals surface area contributed by atoms with Crippen molar-refractivity contribution in [2.75, 3.05) is 26.8 Å². The second-order valence-corrected chi connectivity index (χ2v) is 14.1. The van der Waals surface area contributed by atoms with Crippen LogP contribution in [-0.2, 0) is 33.5 Å². The molecule has 1 aliphatic carbocycles. The van der Waals surface area contributed by atoms with Crippen LogP contribution >= 0.6 is 0 Å².